The van der Waals surface area contributed by atoms with Gasteiger partial charge in [0, 0.05) is 10.4 Å². The fraction of sp³-hybridized carbons (Fsp3) is 0.100. The highest BCUT2D eigenvalue weighted by Crippen LogP contribution is 2.41. The van der Waals surface area contributed by atoms with Crippen molar-refractivity contribution in [2.75, 3.05) is 0 Å². The zero-order chi connectivity index (χ0) is 19.0. The van der Waals surface area contributed by atoms with Crippen LogP contribution in [0.25, 0.3) is 5.76 Å². The minimum atomic E-state index is -0.776. The van der Waals surface area contributed by atoms with Crippen LogP contribution in [0.15, 0.2) is 70.2 Å². The summed E-state index contributed by atoms with van der Waals surface area (Å²) in [6, 6.07) is 11.4. The molecule has 27 heavy (non-hydrogen) atoms. The molecule has 1 unspecified atom stereocenters. The van der Waals surface area contributed by atoms with Crippen LogP contribution in [0.3, 0.4) is 0 Å². The number of benzene rings is 1. The number of aliphatic hydroxyl groups is 1. The van der Waals surface area contributed by atoms with Gasteiger partial charge >= 0.3 is 0 Å². The van der Waals surface area contributed by atoms with Gasteiger partial charge < -0.3 is 14.4 Å². The molecule has 1 amide bonds. The number of ketones is 1. The van der Waals surface area contributed by atoms with E-state index in [-0.39, 0.29) is 23.4 Å². The Labute approximate surface area is 158 Å². The summed E-state index contributed by atoms with van der Waals surface area (Å²) in [5.41, 5.74) is 0.259. The summed E-state index contributed by atoms with van der Waals surface area (Å²) in [7, 11) is 0. The second-order valence-electron chi connectivity index (χ2n) is 6.03. The Kier molecular flexibility index (Phi) is 4.37. The number of halogens is 1. The number of Topliss-reactive ketones (excluding diaryl/α,β-unsaturated/α-hetero) is 1. The third-order valence-electron chi connectivity index (χ3n) is 4.38. The van der Waals surface area contributed by atoms with Crippen molar-refractivity contribution in [3.8, 4) is 0 Å². The average Bonchev–Trinajstić information content (AvgIpc) is 3.40. The standard InChI is InChI=1S/C20H14FNO4S/c21-13-7-5-12(6-8-13)18(23)16-17(15-4-2-10-27-15)22(20(25)19(16)24)11-14-3-1-9-26-14/h1-10,17,23H,11H2/b18-16+. The number of thiophene rings is 1. The minimum absolute atomic E-state index is 0.0133. The second-order valence-corrected chi connectivity index (χ2v) is 7.01. The molecule has 7 heteroatoms. The first kappa shape index (κ1) is 17.2. The molecule has 1 aliphatic rings. The first-order valence-corrected chi connectivity index (χ1v) is 9.04. The van der Waals surface area contributed by atoms with Crippen LogP contribution < -0.4 is 0 Å². The van der Waals surface area contributed by atoms with Crippen LogP contribution in [0, 0.1) is 5.82 Å². The molecule has 0 saturated carbocycles. The van der Waals surface area contributed by atoms with Gasteiger partial charge in [-0.1, -0.05) is 6.07 Å². The van der Waals surface area contributed by atoms with Crippen LogP contribution >= 0.6 is 11.3 Å². The van der Waals surface area contributed by atoms with Gasteiger partial charge in [0.15, 0.2) is 0 Å². The Morgan fingerprint density at radius 3 is 2.56 bits per heavy atom. The first-order valence-electron chi connectivity index (χ1n) is 8.16. The number of rotatable bonds is 4. The number of nitrogens with zero attached hydrogens (tertiary/aromatic N) is 1. The summed E-state index contributed by atoms with van der Waals surface area (Å²) in [6.07, 6.45) is 1.49. The van der Waals surface area contributed by atoms with E-state index in [0.717, 1.165) is 4.88 Å². The quantitative estimate of drug-likeness (QED) is 0.418. The van der Waals surface area contributed by atoms with Crippen molar-refractivity contribution in [1.82, 2.24) is 4.90 Å². The van der Waals surface area contributed by atoms with E-state index >= 15 is 0 Å². The Morgan fingerprint density at radius 2 is 1.93 bits per heavy atom. The van der Waals surface area contributed by atoms with Gasteiger partial charge in [-0.3, -0.25) is 9.59 Å². The minimum Gasteiger partial charge on any atom is -0.507 e. The van der Waals surface area contributed by atoms with E-state index in [1.54, 1.807) is 18.2 Å². The lowest BCUT2D eigenvalue weighted by atomic mass is 10.00. The van der Waals surface area contributed by atoms with Crippen molar-refractivity contribution in [3.05, 3.63) is 87.8 Å². The van der Waals surface area contributed by atoms with Crippen LogP contribution in [0.4, 0.5) is 4.39 Å². The van der Waals surface area contributed by atoms with Gasteiger partial charge in [-0.25, -0.2) is 4.39 Å². The smallest absolute Gasteiger partial charge is 0.296 e. The molecule has 136 valence electrons. The largest absolute Gasteiger partial charge is 0.507 e. The molecule has 1 saturated heterocycles. The molecule has 3 heterocycles. The summed E-state index contributed by atoms with van der Waals surface area (Å²) in [5.74, 6) is -1.75. The first-order chi connectivity index (χ1) is 13.1. The molecule has 1 atom stereocenters. The van der Waals surface area contributed by atoms with Gasteiger partial charge in [-0.2, -0.15) is 0 Å². The second kappa shape index (κ2) is 6.85. The molecule has 0 spiro atoms. The molecular weight excluding hydrogens is 369 g/mol. The Balaban J connectivity index is 1.83. The third kappa shape index (κ3) is 3.06. The van der Waals surface area contributed by atoms with Gasteiger partial charge in [0.05, 0.1) is 18.4 Å². The van der Waals surface area contributed by atoms with Gasteiger partial charge in [0.1, 0.15) is 23.4 Å². The maximum absolute atomic E-state index is 13.2. The van der Waals surface area contributed by atoms with Crippen molar-refractivity contribution in [3.63, 3.8) is 0 Å². The maximum Gasteiger partial charge on any atom is 0.296 e. The summed E-state index contributed by atoms with van der Waals surface area (Å²) < 4.78 is 18.5. The summed E-state index contributed by atoms with van der Waals surface area (Å²) in [5, 5.41) is 12.6. The molecule has 0 aliphatic carbocycles. The summed E-state index contributed by atoms with van der Waals surface area (Å²) in [4.78, 5) is 27.5. The summed E-state index contributed by atoms with van der Waals surface area (Å²) >= 11 is 1.38. The highest BCUT2D eigenvalue weighted by atomic mass is 32.1. The van der Waals surface area contributed by atoms with Crippen molar-refractivity contribution >= 4 is 28.8 Å². The van der Waals surface area contributed by atoms with Crippen molar-refractivity contribution < 1.29 is 23.5 Å². The fourth-order valence-corrected chi connectivity index (χ4v) is 3.96. The fourth-order valence-electron chi connectivity index (χ4n) is 3.12. The molecule has 4 rings (SSSR count). The van der Waals surface area contributed by atoms with E-state index in [0.29, 0.717) is 5.76 Å². The zero-order valence-electron chi connectivity index (χ0n) is 14.0. The van der Waals surface area contributed by atoms with Crippen LogP contribution in [0.5, 0.6) is 0 Å². The highest BCUT2D eigenvalue weighted by Gasteiger charge is 2.46. The van der Waals surface area contributed by atoms with Crippen LogP contribution in [-0.2, 0) is 16.1 Å². The molecular formula is C20H14FNO4S. The molecule has 0 bridgehead atoms. The van der Waals surface area contributed by atoms with E-state index in [1.807, 2.05) is 11.4 Å². The topological polar surface area (TPSA) is 70.8 Å². The Morgan fingerprint density at radius 1 is 1.15 bits per heavy atom. The molecule has 1 N–H and O–H groups in total. The lowest BCUT2D eigenvalue weighted by Crippen LogP contribution is -2.28. The molecule has 0 radical (unpaired) electrons. The Bertz CT molecular complexity index is 1010. The molecule has 5 nitrogen and oxygen atoms in total. The molecule has 1 aliphatic heterocycles. The van der Waals surface area contributed by atoms with Gasteiger partial charge in [0.2, 0.25) is 0 Å². The average molecular weight is 383 g/mol. The van der Waals surface area contributed by atoms with Crippen molar-refractivity contribution in [2.45, 2.75) is 12.6 Å². The van der Waals surface area contributed by atoms with E-state index in [2.05, 4.69) is 0 Å². The van der Waals surface area contributed by atoms with Gasteiger partial charge in [-0.15, -0.1) is 11.3 Å². The lowest BCUT2D eigenvalue weighted by Gasteiger charge is -2.23. The predicted molar refractivity (Wildman–Crippen MR) is 97.3 cm³/mol. The van der Waals surface area contributed by atoms with E-state index in [4.69, 9.17) is 4.42 Å². The predicted octanol–water partition coefficient (Wildman–Crippen LogP) is 4.10. The number of carbonyl (C=O) groups excluding carboxylic acids is 2. The van der Waals surface area contributed by atoms with E-state index in [9.17, 15) is 19.1 Å². The number of aliphatic hydroxyl groups excluding tert-OH is 1. The van der Waals surface area contributed by atoms with E-state index < -0.39 is 23.5 Å². The van der Waals surface area contributed by atoms with Crippen LogP contribution in [-0.4, -0.2) is 21.7 Å². The SMILES string of the molecule is O=C1C(=O)N(Cc2ccco2)C(c2cccs2)/C1=C(\O)c1ccc(F)cc1. The number of likely N-dealkylation sites (tertiary alicyclic amines) is 1. The van der Waals surface area contributed by atoms with Crippen LogP contribution in [0.1, 0.15) is 22.2 Å². The highest BCUT2D eigenvalue weighted by molar-refractivity contribution is 7.10. The Hall–Kier alpha value is -3.19. The number of hydrogen-bond acceptors (Lipinski definition) is 5. The molecule has 3 aromatic rings. The van der Waals surface area contributed by atoms with Crippen LogP contribution in [0.2, 0.25) is 0 Å². The number of carbonyl (C=O) groups is 2. The van der Waals surface area contributed by atoms with Crippen molar-refractivity contribution in [2.24, 2.45) is 0 Å². The monoisotopic (exact) mass is 383 g/mol. The molecule has 1 fully saturated rings. The lowest BCUT2D eigenvalue weighted by molar-refractivity contribution is -0.140. The van der Waals surface area contributed by atoms with Crippen molar-refractivity contribution in [1.29, 1.82) is 0 Å². The number of hydrogen-bond donors (Lipinski definition) is 1. The number of amides is 1. The molecule has 1 aromatic carbocycles. The number of furan rings is 1. The normalized spacial score (nSPS) is 19.0. The van der Waals surface area contributed by atoms with Gasteiger partial charge in [0.25, 0.3) is 11.7 Å². The van der Waals surface area contributed by atoms with Gasteiger partial charge in [-0.05, 0) is 47.8 Å². The molecule has 2 aromatic heterocycles. The summed E-state index contributed by atoms with van der Waals surface area (Å²) in [6.45, 7) is 0.0976. The maximum atomic E-state index is 13.2. The third-order valence-corrected chi connectivity index (χ3v) is 5.30. The zero-order valence-corrected chi connectivity index (χ0v) is 14.8. The van der Waals surface area contributed by atoms with E-state index in [1.165, 1.54) is 46.8 Å².